The summed E-state index contributed by atoms with van der Waals surface area (Å²) in [6, 6.07) is 6.37. The summed E-state index contributed by atoms with van der Waals surface area (Å²) in [7, 11) is 0. The number of aromatic amines is 1. The smallest absolute Gasteiger partial charge is 0.294 e. The molecule has 1 atom stereocenters. The summed E-state index contributed by atoms with van der Waals surface area (Å²) in [6.45, 7) is 6.66. The monoisotopic (exact) mass is 546 g/mol. The Hall–Kier alpha value is -2.55. The van der Waals surface area contributed by atoms with Crippen LogP contribution in [0.1, 0.15) is 48.9 Å². The average Bonchev–Trinajstić information content (AvgIpc) is 3.27. The molecule has 4 rings (SSSR count). The molecule has 37 heavy (non-hydrogen) atoms. The largest absolute Gasteiger partial charge is 0.364 e. The van der Waals surface area contributed by atoms with E-state index >= 15 is 0 Å². The second-order valence-corrected chi connectivity index (χ2v) is 10.6. The maximum atomic E-state index is 13.2. The van der Waals surface area contributed by atoms with Crippen LogP contribution in [0, 0.1) is 13.8 Å². The van der Waals surface area contributed by atoms with Gasteiger partial charge in [-0.25, -0.2) is 4.98 Å². The Kier molecular flexibility index (Phi) is 9.51. The van der Waals surface area contributed by atoms with E-state index in [4.69, 9.17) is 23.2 Å². The number of piperidine rings is 1. The number of H-pyrrole nitrogens is 1. The normalized spacial score (nSPS) is 16.3. The van der Waals surface area contributed by atoms with E-state index in [1.54, 1.807) is 6.92 Å². The Balaban J connectivity index is 1.40. The molecule has 1 fully saturated rings. The number of aryl methyl sites for hydroxylation is 1. The number of anilines is 1. The van der Waals surface area contributed by atoms with Crippen LogP contribution in [0.15, 0.2) is 29.2 Å². The quantitative estimate of drug-likeness (QED) is 0.241. The lowest BCUT2D eigenvalue weighted by molar-refractivity contribution is -0.121. The summed E-state index contributed by atoms with van der Waals surface area (Å²) in [5.74, 6) is 0.599. The van der Waals surface area contributed by atoms with Gasteiger partial charge in [-0.1, -0.05) is 24.1 Å². The number of alkyl halides is 1. The van der Waals surface area contributed by atoms with Crippen molar-refractivity contribution < 1.29 is 4.79 Å². The van der Waals surface area contributed by atoms with Gasteiger partial charge in [-0.15, -0.1) is 11.6 Å². The number of aromatic nitrogens is 3. The Bertz CT molecular complexity index is 1290. The lowest BCUT2D eigenvalue weighted by Crippen LogP contribution is -2.44. The third kappa shape index (κ3) is 6.86. The highest BCUT2D eigenvalue weighted by molar-refractivity contribution is 6.30. The summed E-state index contributed by atoms with van der Waals surface area (Å²) in [4.78, 5) is 36.0. The minimum atomic E-state index is -0.342. The first-order valence-corrected chi connectivity index (χ1v) is 13.9. The fourth-order valence-corrected chi connectivity index (χ4v) is 5.33. The van der Waals surface area contributed by atoms with E-state index in [1.165, 1.54) is 17.4 Å². The topological polar surface area (TPSA) is 95.0 Å². The zero-order valence-electron chi connectivity index (χ0n) is 21.6. The number of halogens is 2. The van der Waals surface area contributed by atoms with Gasteiger partial charge in [0, 0.05) is 42.1 Å². The molecule has 1 saturated heterocycles. The van der Waals surface area contributed by atoms with Crippen LogP contribution in [0.5, 0.6) is 0 Å². The van der Waals surface area contributed by atoms with Crippen LogP contribution in [0.25, 0.3) is 10.9 Å². The number of nitrogens with one attached hydrogen (secondary N) is 3. The minimum absolute atomic E-state index is 0.124. The number of rotatable bonds is 11. The number of amides is 1. The number of hydrogen-bond donors (Lipinski definition) is 3. The first-order chi connectivity index (χ1) is 17.9. The van der Waals surface area contributed by atoms with Crippen molar-refractivity contribution in [1.29, 1.82) is 0 Å². The van der Waals surface area contributed by atoms with Crippen molar-refractivity contribution in [2.45, 2.75) is 65.1 Å². The molecule has 1 aromatic carbocycles. The Morgan fingerprint density at radius 2 is 2.08 bits per heavy atom. The Morgan fingerprint density at radius 3 is 2.89 bits per heavy atom. The van der Waals surface area contributed by atoms with Crippen molar-refractivity contribution in [3.63, 3.8) is 0 Å². The molecule has 0 saturated carbocycles. The van der Waals surface area contributed by atoms with Crippen LogP contribution in [-0.2, 0) is 17.9 Å². The van der Waals surface area contributed by atoms with Gasteiger partial charge >= 0.3 is 0 Å². The SMILES string of the molecule is Cc1c[nH]c2ccc(CNC(=O)Cn3c(C)c(Cl)nc(NC[C@H]4CCCCN4CCCCCl)c3=O)cc12. The van der Waals surface area contributed by atoms with Crippen molar-refractivity contribution in [3.8, 4) is 0 Å². The second-order valence-electron chi connectivity index (χ2n) is 9.82. The molecule has 8 nitrogen and oxygen atoms in total. The summed E-state index contributed by atoms with van der Waals surface area (Å²) >= 11 is 12.2. The molecule has 0 aliphatic carbocycles. The van der Waals surface area contributed by atoms with Gasteiger partial charge in [0.15, 0.2) is 11.0 Å². The van der Waals surface area contributed by atoms with Gasteiger partial charge in [0.05, 0.1) is 5.69 Å². The van der Waals surface area contributed by atoms with Gasteiger partial charge in [-0.05, 0) is 75.9 Å². The van der Waals surface area contributed by atoms with Crippen molar-refractivity contribution in [1.82, 2.24) is 24.8 Å². The first-order valence-electron chi connectivity index (χ1n) is 13.0. The van der Waals surface area contributed by atoms with E-state index in [-0.39, 0.29) is 29.0 Å². The van der Waals surface area contributed by atoms with Crippen LogP contribution in [0.4, 0.5) is 5.82 Å². The van der Waals surface area contributed by atoms with Crippen molar-refractivity contribution in [3.05, 3.63) is 56.7 Å². The van der Waals surface area contributed by atoms with Crippen LogP contribution in [-0.4, -0.2) is 56.9 Å². The minimum Gasteiger partial charge on any atom is -0.364 e. The molecular weight excluding hydrogens is 511 g/mol. The van der Waals surface area contributed by atoms with Gasteiger partial charge < -0.3 is 15.6 Å². The predicted molar refractivity (Wildman–Crippen MR) is 151 cm³/mol. The maximum absolute atomic E-state index is 13.2. The Labute approximate surface area is 227 Å². The molecule has 3 heterocycles. The summed E-state index contributed by atoms with van der Waals surface area (Å²) in [5.41, 5.74) is 3.34. The summed E-state index contributed by atoms with van der Waals surface area (Å²) in [6.07, 6.45) is 7.45. The zero-order valence-corrected chi connectivity index (χ0v) is 23.1. The molecular formula is C27H36Cl2N6O2. The Morgan fingerprint density at radius 1 is 1.24 bits per heavy atom. The second kappa shape index (κ2) is 12.8. The highest BCUT2D eigenvalue weighted by atomic mass is 35.5. The number of likely N-dealkylation sites (tertiary alicyclic amines) is 1. The molecule has 0 radical (unpaired) electrons. The van der Waals surface area contributed by atoms with Gasteiger partial charge in [-0.2, -0.15) is 0 Å². The number of unbranched alkanes of at least 4 members (excludes halogenated alkanes) is 1. The van der Waals surface area contributed by atoms with E-state index in [0.717, 1.165) is 54.4 Å². The van der Waals surface area contributed by atoms with Crippen LogP contribution in [0.2, 0.25) is 5.15 Å². The molecule has 1 amide bonds. The molecule has 0 bridgehead atoms. The van der Waals surface area contributed by atoms with Crippen molar-refractivity contribution in [2.75, 3.05) is 30.8 Å². The van der Waals surface area contributed by atoms with Crippen LogP contribution < -0.4 is 16.2 Å². The molecule has 10 heteroatoms. The molecule has 0 unspecified atom stereocenters. The van der Waals surface area contributed by atoms with Crippen molar-refractivity contribution >= 4 is 45.8 Å². The number of carbonyl (C=O) groups is 1. The summed E-state index contributed by atoms with van der Waals surface area (Å²) < 4.78 is 1.39. The van der Waals surface area contributed by atoms with Crippen LogP contribution >= 0.6 is 23.2 Å². The number of hydrogen-bond acceptors (Lipinski definition) is 5. The zero-order chi connectivity index (χ0) is 26.4. The van der Waals surface area contributed by atoms with Gasteiger partial charge in [0.1, 0.15) is 6.54 Å². The number of nitrogens with zero attached hydrogens (tertiary/aromatic N) is 3. The molecule has 2 aromatic heterocycles. The van der Waals surface area contributed by atoms with Crippen molar-refractivity contribution in [2.24, 2.45) is 0 Å². The molecule has 3 N–H and O–H groups in total. The fourth-order valence-electron chi connectivity index (χ4n) is 4.95. The molecule has 200 valence electrons. The highest BCUT2D eigenvalue weighted by Gasteiger charge is 2.23. The lowest BCUT2D eigenvalue weighted by Gasteiger charge is -2.36. The lowest BCUT2D eigenvalue weighted by atomic mass is 10.0. The third-order valence-corrected chi connectivity index (χ3v) is 7.81. The third-order valence-electron chi connectivity index (χ3n) is 7.19. The highest BCUT2D eigenvalue weighted by Crippen LogP contribution is 2.20. The molecule has 1 aliphatic rings. The summed E-state index contributed by atoms with van der Waals surface area (Å²) in [5, 5.41) is 7.50. The fraction of sp³-hybridized carbons (Fsp3) is 0.519. The number of fused-ring (bicyclic) bond motifs is 1. The maximum Gasteiger partial charge on any atom is 0.294 e. The molecule has 0 spiro atoms. The standard InChI is InChI=1S/C27H36Cl2N6O2/c1-18-14-30-23-9-8-20(13-22(18)23)15-31-24(36)17-35-19(2)25(29)33-26(27(35)37)32-16-21-7-3-5-11-34(21)12-6-4-10-28/h8-9,13-14,21,30H,3-7,10-12,15-17H2,1-2H3,(H,31,36)(H,32,33)/t21-/m1/s1. The van der Waals surface area contributed by atoms with E-state index in [9.17, 15) is 9.59 Å². The predicted octanol–water partition coefficient (Wildman–Crippen LogP) is 4.60. The van der Waals surface area contributed by atoms with E-state index in [2.05, 4.69) is 31.6 Å². The molecule has 1 aliphatic heterocycles. The van der Waals surface area contributed by atoms with Gasteiger partial charge in [0.2, 0.25) is 5.91 Å². The number of benzene rings is 1. The molecule has 3 aromatic rings. The van der Waals surface area contributed by atoms with E-state index in [0.29, 0.717) is 30.7 Å². The van der Waals surface area contributed by atoms with E-state index in [1.807, 2.05) is 25.3 Å². The van der Waals surface area contributed by atoms with Crippen LogP contribution in [0.3, 0.4) is 0 Å². The first kappa shape index (κ1) is 27.5. The van der Waals surface area contributed by atoms with Gasteiger partial charge in [0.25, 0.3) is 5.56 Å². The number of carbonyl (C=O) groups excluding carboxylic acids is 1. The van der Waals surface area contributed by atoms with Gasteiger partial charge in [-0.3, -0.25) is 19.1 Å². The average molecular weight is 548 g/mol. The van der Waals surface area contributed by atoms with E-state index < -0.39 is 0 Å².